The van der Waals surface area contributed by atoms with E-state index in [0.29, 0.717) is 6.42 Å². The second-order valence-electron chi connectivity index (χ2n) is 2.82. The van der Waals surface area contributed by atoms with E-state index in [1.54, 1.807) is 18.2 Å². The van der Waals surface area contributed by atoms with Gasteiger partial charge in [-0.3, -0.25) is 4.18 Å². The number of rotatable bonds is 5. The summed E-state index contributed by atoms with van der Waals surface area (Å²) in [4.78, 5) is 0.187. The Morgan fingerprint density at radius 1 is 1.29 bits per heavy atom. The maximum Gasteiger partial charge on any atom is 0.297 e. The Morgan fingerprint density at radius 2 is 1.93 bits per heavy atom. The molecule has 1 aromatic carbocycles. The highest BCUT2D eigenvalue weighted by Gasteiger charge is 2.13. The molecule has 1 rings (SSSR count). The van der Waals surface area contributed by atoms with E-state index in [4.69, 9.17) is 4.18 Å². The molecule has 0 aliphatic carbocycles. The van der Waals surface area contributed by atoms with Gasteiger partial charge in [0.15, 0.2) is 0 Å². The van der Waals surface area contributed by atoms with E-state index in [9.17, 15) is 8.42 Å². The minimum absolute atomic E-state index is 0.187. The van der Waals surface area contributed by atoms with Crippen LogP contribution in [0.2, 0.25) is 0 Å². The number of hydrogen-bond donors (Lipinski definition) is 0. The SMILES string of the molecule is CCC[CH]OS(=O)(=O)c1ccccc1. The normalized spacial score (nSPS) is 11.5. The molecule has 1 radical (unpaired) electrons. The second-order valence-corrected chi connectivity index (χ2v) is 4.39. The monoisotopic (exact) mass is 213 g/mol. The minimum Gasteiger partial charge on any atom is -0.260 e. The van der Waals surface area contributed by atoms with Crippen LogP contribution in [0.1, 0.15) is 19.8 Å². The first-order chi connectivity index (χ1) is 6.67. The van der Waals surface area contributed by atoms with Gasteiger partial charge in [0.25, 0.3) is 10.1 Å². The van der Waals surface area contributed by atoms with Gasteiger partial charge in [0.05, 0.1) is 4.90 Å². The lowest BCUT2D eigenvalue weighted by Crippen LogP contribution is -2.04. The van der Waals surface area contributed by atoms with Gasteiger partial charge in [0.2, 0.25) is 0 Å². The van der Waals surface area contributed by atoms with E-state index >= 15 is 0 Å². The largest absolute Gasteiger partial charge is 0.297 e. The third-order valence-electron chi connectivity index (χ3n) is 1.63. The molecular formula is C10H13O3S. The quantitative estimate of drug-likeness (QED) is 0.557. The molecule has 0 spiro atoms. The molecule has 77 valence electrons. The third-order valence-corrected chi connectivity index (χ3v) is 2.87. The van der Waals surface area contributed by atoms with E-state index in [1.165, 1.54) is 18.7 Å². The summed E-state index contributed by atoms with van der Waals surface area (Å²) < 4.78 is 27.6. The Hall–Kier alpha value is -0.870. The van der Waals surface area contributed by atoms with Crippen molar-refractivity contribution in [3.63, 3.8) is 0 Å². The molecule has 4 heteroatoms. The van der Waals surface area contributed by atoms with Gasteiger partial charge in [-0.15, -0.1) is 0 Å². The van der Waals surface area contributed by atoms with Crippen LogP contribution in [-0.4, -0.2) is 8.42 Å². The Kier molecular flexibility index (Phi) is 4.10. The van der Waals surface area contributed by atoms with Gasteiger partial charge in [-0.25, -0.2) is 0 Å². The van der Waals surface area contributed by atoms with Crippen molar-refractivity contribution in [2.24, 2.45) is 0 Å². The van der Waals surface area contributed by atoms with Crippen LogP contribution in [0.4, 0.5) is 0 Å². The van der Waals surface area contributed by atoms with Crippen molar-refractivity contribution in [1.29, 1.82) is 0 Å². The Balaban J connectivity index is 2.67. The van der Waals surface area contributed by atoms with Gasteiger partial charge in [0.1, 0.15) is 6.61 Å². The topological polar surface area (TPSA) is 43.4 Å². The maximum absolute atomic E-state index is 11.5. The zero-order valence-corrected chi connectivity index (χ0v) is 8.83. The molecule has 0 saturated heterocycles. The number of unbranched alkanes of at least 4 members (excludes halogenated alkanes) is 1. The van der Waals surface area contributed by atoms with Gasteiger partial charge in [0, 0.05) is 0 Å². The first-order valence-electron chi connectivity index (χ1n) is 4.47. The average molecular weight is 213 g/mol. The lowest BCUT2D eigenvalue weighted by atomic mass is 10.4. The molecule has 0 amide bonds. The Labute approximate surface area is 84.8 Å². The summed E-state index contributed by atoms with van der Waals surface area (Å²) in [5.74, 6) is 0. The van der Waals surface area contributed by atoms with Crippen LogP contribution in [0.5, 0.6) is 0 Å². The van der Waals surface area contributed by atoms with Crippen LogP contribution in [0.15, 0.2) is 35.2 Å². The first kappa shape index (κ1) is 11.2. The van der Waals surface area contributed by atoms with Crippen LogP contribution in [0.3, 0.4) is 0 Å². The van der Waals surface area contributed by atoms with Crippen LogP contribution in [-0.2, 0) is 14.3 Å². The predicted octanol–water partition coefficient (Wildman–Crippen LogP) is 2.35. The van der Waals surface area contributed by atoms with E-state index in [2.05, 4.69) is 0 Å². The van der Waals surface area contributed by atoms with Crippen molar-refractivity contribution in [1.82, 2.24) is 0 Å². The van der Waals surface area contributed by atoms with Crippen molar-refractivity contribution < 1.29 is 12.6 Å². The summed E-state index contributed by atoms with van der Waals surface area (Å²) in [6, 6.07) is 8.10. The Morgan fingerprint density at radius 3 is 2.50 bits per heavy atom. The van der Waals surface area contributed by atoms with Crippen molar-refractivity contribution in [3.05, 3.63) is 36.9 Å². The molecule has 0 heterocycles. The lowest BCUT2D eigenvalue weighted by molar-refractivity contribution is 0.379. The second kappa shape index (κ2) is 5.12. The summed E-state index contributed by atoms with van der Waals surface area (Å²) in [7, 11) is -3.59. The summed E-state index contributed by atoms with van der Waals surface area (Å²) in [6.45, 7) is 3.28. The van der Waals surface area contributed by atoms with Crippen molar-refractivity contribution in [3.8, 4) is 0 Å². The highest BCUT2D eigenvalue weighted by Crippen LogP contribution is 2.13. The highest BCUT2D eigenvalue weighted by atomic mass is 32.2. The van der Waals surface area contributed by atoms with E-state index in [0.717, 1.165) is 6.42 Å². The van der Waals surface area contributed by atoms with Crippen molar-refractivity contribution in [2.75, 3.05) is 0 Å². The van der Waals surface area contributed by atoms with Crippen LogP contribution < -0.4 is 0 Å². The predicted molar refractivity (Wildman–Crippen MR) is 53.9 cm³/mol. The molecule has 0 aromatic heterocycles. The zero-order chi connectivity index (χ0) is 10.4. The molecule has 3 nitrogen and oxygen atoms in total. The number of benzene rings is 1. The fourth-order valence-electron chi connectivity index (χ4n) is 0.898. The molecular weight excluding hydrogens is 200 g/mol. The first-order valence-corrected chi connectivity index (χ1v) is 5.87. The standard InChI is InChI=1S/C10H13O3S/c1-2-3-9-13-14(11,12)10-7-5-4-6-8-10/h4-9H,2-3H2,1H3. The smallest absolute Gasteiger partial charge is 0.260 e. The fourth-order valence-corrected chi connectivity index (χ4v) is 1.78. The molecule has 0 aliphatic heterocycles. The average Bonchev–Trinajstić information content (AvgIpc) is 2.19. The summed E-state index contributed by atoms with van der Waals surface area (Å²) in [5.41, 5.74) is 0. The van der Waals surface area contributed by atoms with Gasteiger partial charge < -0.3 is 0 Å². The van der Waals surface area contributed by atoms with Crippen molar-refractivity contribution in [2.45, 2.75) is 24.7 Å². The molecule has 0 bridgehead atoms. The van der Waals surface area contributed by atoms with Crippen LogP contribution in [0, 0.1) is 6.61 Å². The van der Waals surface area contributed by atoms with Crippen molar-refractivity contribution >= 4 is 10.1 Å². The molecule has 0 unspecified atom stereocenters. The molecule has 1 aromatic rings. The summed E-state index contributed by atoms with van der Waals surface area (Å²) in [5, 5.41) is 0. The zero-order valence-electron chi connectivity index (χ0n) is 8.01. The molecule has 0 fully saturated rings. The fraction of sp³-hybridized carbons (Fsp3) is 0.300. The molecule has 0 atom stereocenters. The minimum atomic E-state index is -3.59. The third kappa shape index (κ3) is 3.12. The van der Waals surface area contributed by atoms with Gasteiger partial charge >= 0.3 is 0 Å². The Bertz CT molecular complexity index is 356. The molecule has 14 heavy (non-hydrogen) atoms. The summed E-state index contributed by atoms with van der Waals surface area (Å²) in [6.07, 6.45) is 1.50. The summed E-state index contributed by atoms with van der Waals surface area (Å²) >= 11 is 0. The van der Waals surface area contributed by atoms with Gasteiger partial charge in [-0.05, 0) is 18.6 Å². The van der Waals surface area contributed by atoms with Gasteiger partial charge in [-0.2, -0.15) is 8.42 Å². The molecule has 0 saturated carbocycles. The number of hydrogen-bond acceptors (Lipinski definition) is 3. The maximum atomic E-state index is 11.5. The van der Waals surface area contributed by atoms with E-state index in [-0.39, 0.29) is 4.90 Å². The van der Waals surface area contributed by atoms with E-state index in [1.807, 2.05) is 6.92 Å². The van der Waals surface area contributed by atoms with Crippen LogP contribution in [0.25, 0.3) is 0 Å². The molecule has 0 N–H and O–H groups in total. The van der Waals surface area contributed by atoms with Crippen LogP contribution >= 0.6 is 0 Å². The lowest BCUT2D eigenvalue weighted by Gasteiger charge is -2.03. The van der Waals surface area contributed by atoms with E-state index < -0.39 is 10.1 Å². The van der Waals surface area contributed by atoms with Gasteiger partial charge in [-0.1, -0.05) is 31.5 Å². The molecule has 0 aliphatic rings. The highest BCUT2D eigenvalue weighted by molar-refractivity contribution is 7.86.